The normalized spacial score (nSPS) is 16.3. The van der Waals surface area contributed by atoms with Gasteiger partial charge in [0, 0.05) is 18.7 Å². The van der Waals surface area contributed by atoms with Crippen LogP contribution in [0.3, 0.4) is 0 Å². The van der Waals surface area contributed by atoms with Crippen LogP contribution in [0.15, 0.2) is 24.3 Å². The molecule has 0 aliphatic heterocycles. The van der Waals surface area contributed by atoms with Crippen molar-refractivity contribution in [2.45, 2.75) is 32.4 Å². The standard InChI is InChI=1S/C14H18FNO2/c1-10(18-14(17)11-6-7-11)8-16-9-12-4-2-3-5-13(12)15/h2-5,10-11,16H,6-9H2,1H3. The molecule has 1 saturated carbocycles. The summed E-state index contributed by atoms with van der Waals surface area (Å²) in [6.45, 7) is 2.82. The molecule has 0 amide bonds. The van der Waals surface area contributed by atoms with Gasteiger partial charge in [0.25, 0.3) is 0 Å². The van der Waals surface area contributed by atoms with Crippen LogP contribution in [0.25, 0.3) is 0 Å². The van der Waals surface area contributed by atoms with Crippen molar-refractivity contribution >= 4 is 5.97 Å². The number of nitrogens with one attached hydrogen (secondary N) is 1. The Labute approximate surface area is 106 Å². The first-order chi connectivity index (χ1) is 8.66. The van der Waals surface area contributed by atoms with Gasteiger partial charge in [-0.3, -0.25) is 4.79 Å². The van der Waals surface area contributed by atoms with Crippen molar-refractivity contribution in [3.05, 3.63) is 35.6 Å². The summed E-state index contributed by atoms with van der Waals surface area (Å²) in [4.78, 5) is 11.4. The number of carbonyl (C=O) groups is 1. The van der Waals surface area contributed by atoms with Gasteiger partial charge in [0.05, 0.1) is 5.92 Å². The first-order valence-electron chi connectivity index (χ1n) is 6.31. The number of carbonyl (C=O) groups excluding carboxylic acids is 1. The van der Waals surface area contributed by atoms with E-state index >= 15 is 0 Å². The van der Waals surface area contributed by atoms with Crippen LogP contribution in [0.4, 0.5) is 4.39 Å². The van der Waals surface area contributed by atoms with Crippen molar-refractivity contribution in [1.29, 1.82) is 0 Å². The second-order valence-corrected chi connectivity index (χ2v) is 4.74. The molecule has 0 radical (unpaired) electrons. The van der Waals surface area contributed by atoms with Crippen molar-refractivity contribution in [3.63, 3.8) is 0 Å². The maximum absolute atomic E-state index is 13.3. The Bertz CT molecular complexity index is 418. The van der Waals surface area contributed by atoms with E-state index < -0.39 is 0 Å². The molecular formula is C14H18FNO2. The molecule has 1 aromatic carbocycles. The number of esters is 1. The van der Waals surface area contributed by atoms with Gasteiger partial charge in [-0.1, -0.05) is 18.2 Å². The monoisotopic (exact) mass is 251 g/mol. The summed E-state index contributed by atoms with van der Waals surface area (Å²) >= 11 is 0. The third-order valence-electron chi connectivity index (χ3n) is 2.93. The smallest absolute Gasteiger partial charge is 0.309 e. The fraction of sp³-hybridized carbons (Fsp3) is 0.500. The van der Waals surface area contributed by atoms with E-state index in [0.29, 0.717) is 18.7 Å². The summed E-state index contributed by atoms with van der Waals surface area (Å²) in [7, 11) is 0. The minimum Gasteiger partial charge on any atom is -0.461 e. The van der Waals surface area contributed by atoms with Crippen LogP contribution >= 0.6 is 0 Å². The topological polar surface area (TPSA) is 38.3 Å². The molecule has 0 heterocycles. The molecule has 1 aliphatic carbocycles. The van der Waals surface area contributed by atoms with Crippen LogP contribution in [-0.2, 0) is 16.1 Å². The van der Waals surface area contributed by atoms with E-state index in [4.69, 9.17) is 4.74 Å². The molecule has 1 N–H and O–H groups in total. The average molecular weight is 251 g/mol. The predicted octanol–water partition coefficient (Wildman–Crippen LogP) is 2.26. The van der Waals surface area contributed by atoms with Crippen LogP contribution in [0, 0.1) is 11.7 Å². The lowest BCUT2D eigenvalue weighted by Crippen LogP contribution is -2.29. The van der Waals surface area contributed by atoms with Gasteiger partial charge in [-0.15, -0.1) is 0 Å². The SMILES string of the molecule is CC(CNCc1ccccc1F)OC(=O)C1CC1. The van der Waals surface area contributed by atoms with Gasteiger partial charge in [-0.05, 0) is 25.8 Å². The highest BCUT2D eigenvalue weighted by Gasteiger charge is 2.32. The summed E-state index contributed by atoms with van der Waals surface area (Å²) < 4.78 is 18.6. The molecule has 98 valence electrons. The number of halogens is 1. The van der Waals surface area contributed by atoms with E-state index in [1.807, 2.05) is 6.92 Å². The molecule has 3 nitrogen and oxygen atoms in total. The van der Waals surface area contributed by atoms with E-state index in [0.717, 1.165) is 12.8 Å². The summed E-state index contributed by atoms with van der Waals surface area (Å²) in [5.74, 6) is -0.193. The first kappa shape index (κ1) is 13.0. The highest BCUT2D eigenvalue weighted by atomic mass is 19.1. The summed E-state index contributed by atoms with van der Waals surface area (Å²) in [5, 5.41) is 3.09. The molecule has 1 aromatic rings. The molecule has 0 aromatic heterocycles. The third-order valence-corrected chi connectivity index (χ3v) is 2.93. The van der Waals surface area contributed by atoms with Crippen LogP contribution < -0.4 is 5.32 Å². The maximum Gasteiger partial charge on any atom is 0.309 e. The molecule has 0 bridgehead atoms. The van der Waals surface area contributed by atoms with Crippen molar-refractivity contribution in [1.82, 2.24) is 5.32 Å². The van der Waals surface area contributed by atoms with Gasteiger partial charge in [0.15, 0.2) is 0 Å². The molecule has 18 heavy (non-hydrogen) atoms. The Kier molecular flexibility index (Phi) is 4.31. The molecule has 1 fully saturated rings. The molecule has 0 saturated heterocycles. The number of rotatable bonds is 6. The number of hydrogen-bond acceptors (Lipinski definition) is 3. The number of benzene rings is 1. The van der Waals surface area contributed by atoms with Crippen LogP contribution in [-0.4, -0.2) is 18.6 Å². The second kappa shape index (κ2) is 5.96. The Morgan fingerprint density at radius 3 is 2.89 bits per heavy atom. The zero-order chi connectivity index (χ0) is 13.0. The van der Waals surface area contributed by atoms with Gasteiger partial charge < -0.3 is 10.1 Å². The molecular weight excluding hydrogens is 233 g/mol. The zero-order valence-electron chi connectivity index (χ0n) is 10.5. The Hall–Kier alpha value is -1.42. The average Bonchev–Trinajstić information content (AvgIpc) is 3.15. The lowest BCUT2D eigenvalue weighted by molar-refractivity contribution is -0.149. The lowest BCUT2D eigenvalue weighted by atomic mass is 10.2. The highest BCUT2D eigenvalue weighted by molar-refractivity contribution is 5.75. The minimum absolute atomic E-state index is 0.102. The van der Waals surface area contributed by atoms with Crippen LogP contribution in [0.5, 0.6) is 0 Å². The van der Waals surface area contributed by atoms with E-state index in [1.54, 1.807) is 18.2 Å². The summed E-state index contributed by atoms with van der Waals surface area (Å²) in [6.07, 6.45) is 1.73. The third kappa shape index (κ3) is 3.81. The zero-order valence-corrected chi connectivity index (χ0v) is 10.5. The van der Waals surface area contributed by atoms with E-state index in [1.165, 1.54) is 6.07 Å². The quantitative estimate of drug-likeness (QED) is 0.788. The molecule has 1 unspecified atom stereocenters. The Morgan fingerprint density at radius 1 is 1.50 bits per heavy atom. The Balaban J connectivity index is 1.68. The molecule has 2 rings (SSSR count). The van der Waals surface area contributed by atoms with Crippen molar-refractivity contribution in [2.24, 2.45) is 5.92 Å². The number of hydrogen-bond donors (Lipinski definition) is 1. The fourth-order valence-corrected chi connectivity index (χ4v) is 1.71. The van der Waals surface area contributed by atoms with Gasteiger partial charge >= 0.3 is 5.97 Å². The van der Waals surface area contributed by atoms with Gasteiger partial charge in [0.1, 0.15) is 11.9 Å². The molecule has 4 heteroatoms. The van der Waals surface area contributed by atoms with Gasteiger partial charge in [-0.25, -0.2) is 4.39 Å². The Morgan fingerprint density at radius 2 is 2.22 bits per heavy atom. The fourth-order valence-electron chi connectivity index (χ4n) is 1.71. The number of ether oxygens (including phenoxy) is 1. The van der Waals surface area contributed by atoms with Crippen molar-refractivity contribution in [2.75, 3.05) is 6.54 Å². The predicted molar refractivity (Wildman–Crippen MR) is 66.4 cm³/mol. The highest BCUT2D eigenvalue weighted by Crippen LogP contribution is 2.30. The van der Waals surface area contributed by atoms with Crippen LogP contribution in [0.1, 0.15) is 25.3 Å². The largest absolute Gasteiger partial charge is 0.461 e. The van der Waals surface area contributed by atoms with Gasteiger partial charge in [-0.2, -0.15) is 0 Å². The van der Waals surface area contributed by atoms with E-state index in [9.17, 15) is 9.18 Å². The minimum atomic E-state index is -0.215. The second-order valence-electron chi connectivity index (χ2n) is 4.74. The maximum atomic E-state index is 13.3. The lowest BCUT2D eigenvalue weighted by Gasteiger charge is -2.14. The molecule has 1 atom stereocenters. The van der Waals surface area contributed by atoms with Crippen LogP contribution in [0.2, 0.25) is 0 Å². The summed E-state index contributed by atoms with van der Waals surface area (Å²) in [5.41, 5.74) is 0.623. The summed E-state index contributed by atoms with van der Waals surface area (Å²) in [6, 6.07) is 6.65. The first-order valence-corrected chi connectivity index (χ1v) is 6.31. The van der Waals surface area contributed by atoms with E-state index in [-0.39, 0.29) is 23.8 Å². The van der Waals surface area contributed by atoms with E-state index in [2.05, 4.69) is 5.32 Å². The van der Waals surface area contributed by atoms with Crippen molar-refractivity contribution < 1.29 is 13.9 Å². The van der Waals surface area contributed by atoms with Crippen molar-refractivity contribution in [3.8, 4) is 0 Å². The van der Waals surface area contributed by atoms with Gasteiger partial charge in [0.2, 0.25) is 0 Å². The molecule has 1 aliphatic rings. The molecule has 0 spiro atoms.